The Balaban J connectivity index is 0.000000148. The van der Waals surface area contributed by atoms with E-state index in [0.29, 0.717) is 52.0 Å². The number of nitrogens with zero attached hydrogens (tertiary/aromatic N) is 4. The van der Waals surface area contributed by atoms with Gasteiger partial charge < -0.3 is 0 Å². The number of carbonyl (C=O) groups excluding carboxylic acids is 2. The molecule has 0 spiro atoms. The van der Waals surface area contributed by atoms with Crippen molar-refractivity contribution >= 4 is 12.1 Å². The van der Waals surface area contributed by atoms with Gasteiger partial charge in [-0.2, -0.15) is 10.1 Å². The minimum absolute atomic E-state index is 0.00628. The maximum absolute atomic E-state index is 13.5. The molecule has 6 rings (SSSR count). The Kier molecular flexibility index (Phi) is 7.33. The van der Waals surface area contributed by atoms with Gasteiger partial charge in [-0.1, -0.05) is 60.7 Å². The van der Waals surface area contributed by atoms with Gasteiger partial charge in [0, 0.05) is 13.1 Å². The molecule has 36 heavy (non-hydrogen) atoms. The largest absolute Gasteiger partial charge is 0.346 e. The molecule has 4 bridgehead atoms. The van der Waals surface area contributed by atoms with Crippen molar-refractivity contribution in [3.8, 4) is 0 Å². The lowest BCUT2D eigenvalue weighted by molar-refractivity contribution is -0.140. The normalized spacial score (nSPS) is 26.8. The number of hydroxylamine groups is 4. The Hall–Kier alpha value is -3.24. The molecule has 4 aliphatic heterocycles. The fourth-order valence-corrected chi connectivity index (χ4v) is 4.94. The van der Waals surface area contributed by atoms with Crippen molar-refractivity contribution in [1.29, 1.82) is 0 Å². The van der Waals surface area contributed by atoms with Crippen LogP contribution in [0.2, 0.25) is 0 Å². The first-order valence-electron chi connectivity index (χ1n) is 12.3. The number of halogens is 2. The molecule has 2 aromatic carbocycles. The number of alkyl halides is 2. The van der Waals surface area contributed by atoms with Crippen molar-refractivity contribution in [2.45, 2.75) is 63.6 Å². The maximum atomic E-state index is 13.5. The van der Waals surface area contributed by atoms with Crippen LogP contribution in [-0.4, -0.2) is 69.8 Å². The number of piperidine rings is 2. The maximum Gasteiger partial charge on any atom is 0.346 e. The van der Waals surface area contributed by atoms with Gasteiger partial charge >= 0.3 is 12.1 Å². The van der Waals surface area contributed by atoms with Gasteiger partial charge in [0.05, 0.1) is 12.1 Å². The van der Waals surface area contributed by atoms with Gasteiger partial charge in [-0.3, -0.25) is 19.5 Å². The average Bonchev–Trinajstić information content (AvgIpc) is 3.33. The molecule has 8 nitrogen and oxygen atoms in total. The number of amides is 4. The van der Waals surface area contributed by atoms with Gasteiger partial charge in [0.2, 0.25) is 0 Å². The number of benzene rings is 2. The zero-order chi connectivity index (χ0) is 25.1. The predicted molar refractivity (Wildman–Crippen MR) is 126 cm³/mol. The van der Waals surface area contributed by atoms with Crippen LogP contribution in [0.15, 0.2) is 60.7 Å². The van der Waals surface area contributed by atoms with E-state index in [0.717, 1.165) is 11.1 Å². The number of fused-ring (bicyclic) bond motifs is 4. The summed E-state index contributed by atoms with van der Waals surface area (Å²) < 4.78 is 27.0. The second-order valence-electron chi connectivity index (χ2n) is 9.37. The molecule has 0 radical (unpaired) electrons. The second kappa shape index (κ2) is 10.8. The third-order valence-electron chi connectivity index (χ3n) is 6.93. The summed E-state index contributed by atoms with van der Waals surface area (Å²) in [6.45, 7) is 1.56. The van der Waals surface area contributed by atoms with E-state index in [-0.39, 0.29) is 24.1 Å². The van der Waals surface area contributed by atoms with Crippen LogP contribution in [0.1, 0.15) is 36.8 Å². The molecule has 4 heterocycles. The van der Waals surface area contributed by atoms with E-state index in [2.05, 4.69) is 0 Å². The van der Waals surface area contributed by atoms with Gasteiger partial charge in [0.1, 0.15) is 13.2 Å². The monoisotopic (exact) mass is 500 g/mol. The smallest absolute Gasteiger partial charge is 0.290 e. The highest BCUT2D eigenvalue weighted by atomic mass is 19.1. The fraction of sp³-hybridized carbons (Fsp3) is 0.462. The summed E-state index contributed by atoms with van der Waals surface area (Å²) in [6, 6.07) is 18.6. The van der Waals surface area contributed by atoms with Crippen molar-refractivity contribution in [2.75, 3.05) is 13.1 Å². The fourth-order valence-electron chi connectivity index (χ4n) is 4.94. The van der Waals surface area contributed by atoms with E-state index in [4.69, 9.17) is 9.68 Å². The Morgan fingerprint density at radius 1 is 0.639 bits per heavy atom. The van der Waals surface area contributed by atoms with Gasteiger partial charge in [-0.15, -0.1) is 0 Å². The molecule has 4 amide bonds. The molecule has 0 N–H and O–H groups in total. The first-order chi connectivity index (χ1) is 17.5. The van der Waals surface area contributed by atoms with Crippen LogP contribution in [0.5, 0.6) is 0 Å². The van der Waals surface area contributed by atoms with E-state index < -0.39 is 12.6 Å². The van der Waals surface area contributed by atoms with Crippen LogP contribution in [0, 0.1) is 0 Å². The SMILES string of the molecule is O=C1N2C[C@@H](CC[C@@H]2F)N1OCc1ccccc1.O=C1N2C[C@@H](CC[C@H]2F)N1OCc1ccccc1. The van der Waals surface area contributed by atoms with Crippen molar-refractivity contribution in [2.24, 2.45) is 0 Å². The molecule has 4 atom stereocenters. The summed E-state index contributed by atoms with van der Waals surface area (Å²) in [5.74, 6) is 0. The third-order valence-corrected chi connectivity index (χ3v) is 6.93. The summed E-state index contributed by atoms with van der Waals surface area (Å²) in [5, 5.41) is 2.68. The van der Waals surface area contributed by atoms with E-state index in [1.165, 1.54) is 19.9 Å². The second-order valence-corrected chi connectivity index (χ2v) is 9.37. The lowest BCUT2D eigenvalue weighted by Crippen LogP contribution is -2.36. The number of carbonyl (C=O) groups is 2. The summed E-state index contributed by atoms with van der Waals surface area (Å²) >= 11 is 0. The van der Waals surface area contributed by atoms with Gasteiger partial charge in [0.25, 0.3) is 0 Å². The lowest BCUT2D eigenvalue weighted by atomic mass is 10.1. The van der Waals surface area contributed by atoms with Crippen LogP contribution >= 0.6 is 0 Å². The molecule has 0 saturated carbocycles. The molecule has 4 saturated heterocycles. The minimum atomic E-state index is -1.15. The van der Waals surface area contributed by atoms with Crippen LogP contribution in [0.4, 0.5) is 18.4 Å². The zero-order valence-electron chi connectivity index (χ0n) is 19.9. The van der Waals surface area contributed by atoms with Gasteiger partial charge in [0.15, 0.2) is 12.6 Å². The molecule has 192 valence electrons. The van der Waals surface area contributed by atoms with Crippen molar-refractivity contribution in [3.05, 3.63) is 71.8 Å². The Bertz CT molecular complexity index is 963. The average molecular weight is 501 g/mol. The number of urea groups is 2. The Morgan fingerprint density at radius 3 is 1.39 bits per heavy atom. The lowest BCUT2D eigenvalue weighted by Gasteiger charge is -2.24. The molecule has 0 aromatic heterocycles. The first-order valence-corrected chi connectivity index (χ1v) is 12.3. The molecule has 0 unspecified atom stereocenters. The first kappa shape index (κ1) is 24.5. The van der Waals surface area contributed by atoms with E-state index in [1.807, 2.05) is 60.7 Å². The topological polar surface area (TPSA) is 65.6 Å². The van der Waals surface area contributed by atoms with Crippen molar-refractivity contribution < 1.29 is 28.0 Å². The summed E-state index contributed by atoms with van der Waals surface area (Å²) in [7, 11) is 0. The van der Waals surface area contributed by atoms with Crippen molar-refractivity contribution in [1.82, 2.24) is 19.9 Å². The van der Waals surface area contributed by atoms with Crippen LogP contribution in [-0.2, 0) is 22.9 Å². The molecular weight excluding hydrogens is 470 g/mol. The highest BCUT2D eigenvalue weighted by Crippen LogP contribution is 2.31. The summed E-state index contributed by atoms with van der Waals surface area (Å²) in [6.07, 6.45) is -0.169. The van der Waals surface area contributed by atoms with E-state index in [9.17, 15) is 18.4 Å². The van der Waals surface area contributed by atoms with Crippen LogP contribution in [0.3, 0.4) is 0 Å². The standard InChI is InChI=1S/2C13H15FN2O2/c2*14-12-7-6-11-8-15(12)13(17)16(11)18-9-10-4-2-1-3-5-10/h2*1-5,11-12H,6-9H2/t11-,12+;11-,12-/m11/s1. The highest BCUT2D eigenvalue weighted by Gasteiger charge is 2.46. The van der Waals surface area contributed by atoms with Gasteiger partial charge in [-0.25, -0.2) is 18.4 Å². The molecule has 10 heteroatoms. The molecule has 0 aliphatic carbocycles. The third kappa shape index (κ3) is 5.15. The number of rotatable bonds is 6. The minimum Gasteiger partial charge on any atom is -0.290 e. The van der Waals surface area contributed by atoms with E-state index >= 15 is 0 Å². The van der Waals surface area contributed by atoms with Crippen LogP contribution in [0.25, 0.3) is 0 Å². The Morgan fingerprint density at radius 2 is 1.03 bits per heavy atom. The molecule has 4 fully saturated rings. The summed E-state index contributed by atoms with van der Waals surface area (Å²) in [5.41, 5.74) is 2.00. The highest BCUT2D eigenvalue weighted by molar-refractivity contribution is 5.77. The predicted octanol–water partition coefficient (Wildman–Crippen LogP) is 4.63. The van der Waals surface area contributed by atoms with Crippen molar-refractivity contribution in [3.63, 3.8) is 0 Å². The molecule has 4 aliphatic rings. The Labute approximate surface area is 208 Å². The van der Waals surface area contributed by atoms with Crippen LogP contribution < -0.4 is 0 Å². The summed E-state index contributed by atoms with van der Waals surface area (Å²) in [4.78, 5) is 37.4. The molecular formula is C26H30F2N4O4. The number of hydrogen-bond acceptors (Lipinski definition) is 4. The quantitative estimate of drug-likeness (QED) is 0.543. The van der Waals surface area contributed by atoms with E-state index in [1.54, 1.807) is 0 Å². The zero-order valence-corrected chi connectivity index (χ0v) is 19.9. The number of hydrogen-bond donors (Lipinski definition) is 0. The van der Waals surface area contributed by atoms with Gasteiger partial charge in [-0.05, 0) is 36.8 Å². The molecule has 2 aromatic rings.